The van der Waals surface area contributed by atoms with E-state index in [1.54, 1.807) is 12.1 Å². The van der Waals surface area contributed by atoms with E-state index in [2.05, 4.69) is 15.6 Å². The molecule has 1 aromatic carbocycles. The average Bonchev–Trinajstić information content (AvgIpc) is 2.63. The molecule has 0 bridgehead atoms. The Morgan fingerprint density at radius 2 is 1.79 bits per heavy atom. The van der Waals surface area contributed by atoms with E-state index >= 15 is 0 Å². The molecule has 166 valence electrons. The molecule has 0 spiro atoms. The normalized spacial score (nSPS) is 16.4. The second-order valence-corrected chi connectivity index (χ2v) is 7.19. The van der Waals surface area contributed by atoms with Crippen LogP contribution in [0, 0.1) is 11.7 Å². The molecule has 1 aliphatic rings. The van der Waals surface area contributed by atoms with Crippen molar-refractivity contribution in [3.8, 4) is 0 Å². The fraction of sp³-hybridized carbons (Fsp3) is 0.650. The minimum Gasteiger partial charge on any atom is -0.357 e. The van der Waals surface area contributed by atoms with Crippen LogP contribution in [-0.2, 0) is 6.42 Å². The molecule has 0 radical (unpaired) electrons. The highest BCUT2D eigenvalue weighted by Crippen LogP contribution is 2.24. The predicted octanol–water partition coefficient (Wildman–Crippen LogP) is 4.21. The summed E-state index contributed by atoms with van der Waals surface area (Å²) in [5, 5.41) is 6.46. The summed E-state index contributed by atoms with van der Waals surface area (Å²) in [6.07, 6.45) is -0.880. The molecule has 1 saturated heterocycles. The van der Waals surface area contributed by atoms with Crippen molar-refractivity contribution in [1.29, 1.82) is 0 Å². The Kier molecular flexibility index (Phi) is 11.9. The third kappa shape index (κ3) is 11.0. The summed E-state index contributed by atoms with van der Waals surface area (Å²) in [7, 11) is 0. The molecule has 9 heteroatoms. The van der Waals surface area contributed by atoms with Crippen molar-refractivity contribution in [1.82, 2.24) is 15.5 Å². The Hall–Kier alpha value is -1.10. The molecule has 2 N–H and O–H groups in total. The molecule has 0 saturated carbocycles. The zero-order valence-corrected chi connectivity index (χ0v) is 19.1. The molecule has 1 aromatic rings. The lowest BCUT2D eigenvalue weighted by Gasteiger charge is -2.32. The van der Waals surface area contributed by atoms with Crippen LogP contribution in [0.3, 0.4) is 0 Å². The molecule has 1 fully saturated rings. The van der Waals surface area contributed by atoms with Crippen molar-refractivity contribution in [2.45, 2.75) is 38.8 Å². The highest BCUT2D eigenvalue weighted by atomic mass is 127. The monoisotopic (exact) mass is 530 g/mol. The number of likely N-dealkylation sites (tertiary alicyclic amines) is 1. The molecule has 0 unspecified atom stereocenters. The van der Waals surface area contributed by atoms with Crippen molar-refractivity contribution in [2.75, 3.05) is 39.3 Å². The van der Waals surface area contributed by atoms with E-state index in [-0.39, 0.29) is 29.8 Å². The van der Waals surface area contributed by atoms with E-state index in [4.69, 9.17) is 0 Å². The van der Waals surface area contributed by atoms with Crippen LogP contribution in [0.4, 0.5) is 17.6 Å². The van der Waals surface area contributed by atoms with E-state index in [1.165, 1.54) is 17.0 Å². The second kappa shape index (κ2) is 13.3. The van der Waals surface area contributed by atoms with Crippen molar-refractivity contribution in [3.05, 3.63) is 35.6 Å². The molecule has 0 aromatic heterocycles. The van der Waals surface area contributed by atoms with Crippen LogP contribution in [-0.4, -0.2) is 56.3 Å². The molecule has 4 nitrogen and oxygen atoms in total. The lowest BCUT2D eigenvalue weighted by atomic mass is 9.93. The molecular weight excluding hydrogens is 499 g/mol. The lowest BCUT2D eigenvalue weighted by molar-refractivity contribution is -0.148. The summed E-state index contributed by atoms with van der Waals surface area (Å²) in [6.45, 7) is 4.28. The Labute approximate surface area is 187 Å². The van der Waals surface area contributed by atoms with Crippen molar-refractivity contribution in [2.24, 2.45) is 10.9 Å². The predicted molar refractivity (Wildman–Crippen MR) is 119 cm³/mol. The van der Waals surface area contributed by atoms with Crippen LogP contribution in [0.25, 0.3) is 0 Å². The van der Waals surface area contributed by atoms with Crippen LogP contribution in [0.2, 0.25) is 0 Å². The van der Waals surface area contributed by atoms with E-state index in [9.17, 15) is 17.6 Å². The van der Waals surface area contributed by atoms with Gasteiger partial charge in [0.05, 0.1) is 6.54 Å². The van der Waals surface area contributed by atoms with Gasteiger partial charge < -0.3 is 10.6 Å². The van der Waals surface area contributed by atoms with Gasteiger partial charge in [-0.05, 0) is 69.3 Å². The maximum absolute atomic E-state index is 12.9. The van der Waals surface area contributed by atoms with Gasteiger partial charge in [-0.1, -0.05) is 12.1 Å². The topological polar surface area (TPSA) is 39.7 Å². The standard InChI is InChI=1S/C20H30F4N4.HI/c1-2-25-19(26-11-7-16-3-5-18(21)6-4-16)27-12-8-17-9-13-28(14-10-17)15-20(22,23)24;/h3-6,17H,2,7-15H2,1H3,(H2,25,26,27);1H. The molecule has 1 heterocycles. The molecule has 29 heavy (non-hydrogen) atoms. The number of aliphatic imine (C=N–C) groups is 1. The smallest absolute Gasteiger partial charge is 0.357 e. The first-order chi connectivity index (χ1) is 13.4. The Morgan fingerprint density at radius 3 is 2.38 bits per heavy atom. The van der Waals surface area contributed by atoms with Gasteiger partial charge in [0.15, 0.2) is 5.96 Å². The number of nitrogens with one attached hydrogen (secondary N) is 2. The number of alkyl halides is 3. The SMILES string of the molecule is CCNC(=NCCC1CCN(CC(F)(F)F)CC1)NCCc1ccc(F)cc1.I. The minimum atomic E-state index is -4.11. The number of benzene rings is 1. The van der Waals surface area contributed by atoms with Crippen LogP contribution in [0.5, 0.6) is 0 Å². The van der Waals surface area contributed by atoms with E-state index in [0.29, 0.717) is 32.1 Å². The summed E-state index contributed by atoms with van der Waals surface area (Å²) < 4.78 is 50.2. The van der Waals surface area contributed by atoms with E-state index in [1.807, 2.05) is 6.92 Å². The molecular formula is C20H31F4IN4. The van der Waals surface area contributed by atoms with Gasteiger partial charge in [-0.25, -0.2) is 4.39 Å². The average molecular weight is 530 g/mol. The third-order valence-electron chi connectivity index (χ3n) is 4.88. The summed E-state index contributed by atoms with van der Waals surface area (Å²) in [5.74, 6) is 0.922. The fourth-order valence-electron chi connectivity index (χ4n) is 3.36. The fourth-order valence-corrected chi connectivity index (χ4v) is 3.36. The lowest BCUT2D eigenvalue weighted by Crippen LogP contribution is -2.40. The van der Waals surface area contributed by atoms with E-state index in [0.717, 1.165) is 43.8 Å². The van der Waals surface area contributed by atoms with Crippen LogP contribution in [0.15, 0.2) is 29.3 Å². The van der Waals surface area contributed by atoms with Gasteiger partial charge in [0.25, 0.3) is 0 Å². The van der Waals surface area contributed by atoms with Crippen LogP contribution in [0.1, 0.15) is 31.7 Å². The Balaban J connectivity index is 0.00000420. The second-order valence-electron chi connectivity index (χ2n) is 7.19. The van der Waals surface area contributed by atoms with Gasteiger partial charge in [0.2, 0.25) is 0 Å². The molecule has 2 rings (SSSR count). The maximum atomic E-state index is 12.9. The summed E-state index contributed by atoms with van der Waals surface area (Å²) in [5.41, 5.74) is 1.05. The summed E-state index contributed by atoms with van der Waals surface area (Å²) in [6, 6.07) is 6.45. The van der Waals surface area contributed by atoms with Gasteiger partial charge in [-0.2, -0.15) is 13.2 Å². The largest absolute Gasteiger partial charge is 0.401 e. The summed E-state index contributed by atoms with van der Waals surface area (Å²) >= 11 is 0. The Morgan fingerprint density at radius 1 is 1.14 bits per heavy atom. The van der Waals surface area contributed by atoms with Crippen LogP contribution < -0.4 is 10.6 Å². The van der Waals surface area contributed by atoms with Gasteiger partial charge in [-0.15, -0.1) is 24.0 Å². The Bertz CT molecular complexity index is 599. The van der Waals surface area contributed by atoms with Crippen molar-refractivity contribution in [3.63, 3.8) is 0 Å². The van der Waals surface area contributed by atoms with Crippen LogP contribution >= 0.6 is 24.0 Å². The number of hydrogen-bond donors (Lipinski definition) is 2. The highest BCUT2D eigenvalue weighted by Gasteiger charge is 2.32. The number of rotatable bonds is 8. The van der Waals surface area contributed by atoms with E-state index < -0.39 is 12.7 Å². The quantitative estimate of drug-likeness (QED) is 0.229. The first-order valence-corrected chi connectivity index (χ1v) is 9.91. The third-order valence-corrected chi connectivity index (χ3v) is 4.88. The number of piperidine rings is 1. The van der Waals surface area contributed by atoms with Gasteiger partial charge in [0.1, 0.15) is 5.82 Å². The maximum Gasteiger partial charge on any atom is 0.401 e. The number of nitrogens with zero attached hydrogens (tertiary/aromatic N) is 2. The number of guanidine groups is 1. The van der Waals surface area contributed by atoms with Gasteiger partial charge in [0, 0.05) is 19.6 Å². The molecule has 0 aliphatic carbocycles. The minimum absolute atomic E-state index is 0. The van der Waals surface area contributed by atoms with Gasteiger partial charge >= 0.3 is 6.18 Å². The molecule has 0 amide bonds. The first-order valence-electron chi connectivity index (χ1n) is 9.91. The van der Waals surface area contributed by atoms with Gasteiger partial charge in [-0.3, -0.25) is 9.89 Å². The van der Waals surface area contributed by atoms with Crippen molar-refractivity contribution >= 4 is 29.9 Å². The van der Waals surface area contributed by atoms with Crippen molar-refractivity contribution < 1.29 is 17.6 Å². The summed E-state index contributed by atoms with van der Waals surface area (Å²) in [4.78, 5) is 6.06. The molecule has 1 aliphatic heterocycles. The number of hydrogen-bond acceptors (Lipinski definition) is 2. The first kappa shape index (κ1) is 25.9. The zero-order chi connectivity index (χ0) is 20.4. The molecule has 0 atom stereocenters. The highest BCUT2D eigenvalue weighted by molar-refractivity contribution is 14.0. The number of halogens is 5. The zero-order valence-electron chi connectivity index (χ0n) is 16.8.